The van der Waals surface area contributed by atoms with Crippen LogP contribution in [-0.2, 0) is 16.6 Å². The standard InChI is InChI=1S/C19H18BrF2NO2/c20-15-3-1-2-14(12-15)19(9-10-19)17(24)23-11-8-13-4-6-16(7-5-13)25-18(21)22/h1-7,12,18H,8-11H2,(H,23,24). The van der Waals surface area contributed by atoms with Crippen molar-refractivity contribution in [1.29, 1.82) is 0 Å². The van der Waals surface area contributed by atoms with Gasteiger partial charge in [-0.15, -0.1) is 0 Å². The number of alkyl halides is 2. The second-order valence-corrected chi connectivity index (χ2v) is 7.04. The van der Waals surface area contributed by atoms with E-state index in [9.17, 15) is 13.6 Å². The number of carbonyl (C=O) groups is 1. The molecule has 1 N–H and O–H groups in total. The van der Waals surface area contributed by atoms with Gasteiger partial charge in [-0.2, -0.15) is 8.78 Å². The van der Waals surface area contributed by atoms with Gasteiger partial charge < -0.3 is 10.1 Å². The molecule has 2 aromatic carbocycles. The number of ether oxygens (including phenoxy) is 1. The average molecular weight is 410 g/mol. The summed E-state index contributed by atoms with van der Waals surface area (Å²) in [6.07, 6.45) is 2.35. The van der Waals surface area contributed by atoms with Crippen LogP contribution >= 0.6 is 15.9 Å². The lowest BCUT2D eigenvalue weighted by atomic mass is 9.95. The Balaban J connectivity index is 1.53. The first-order valence-corrected chi connectivity index (χ1v) is 8.87. The highest BCUT2D eigenvalue weighted by Crippen LogP contribution is 2.48. The lowest BCUT2D eigenvalue weighted by molar-refractivity contribution is -0.123. The van der Waals surface area contributed by atoms with Crippen LogP contribution in [0.3, 0.4) is 0 Å². The van der Waals surface area contributed by atoms with Crippen LogP contribution in [0.15, 0.2) is 53.0 Å². The van der Waals surface area contributed by atoms with Crippen molar-refractivity contribution in [2.75, 3.05) is 6.54 Å². The number of rotatable bonds is 7. The lowest BCUT2D eigenvalue weighted by Gasteiger charge is -2.16. The summed E-state index contributed by atoms with van der Waals surface area (Å²) in [5.41, 5.74) is 1.58. The molecule has 2 aromatic rings. The van der Waals surface area contributed by atoms with Gasteiger partial charge in [-0.1, -0.05) is 40.2 Å². The minimum atomic E-state index is -2.82. The molecule has 6 heteroatoms. The van der Waals surface area contributed by atoms with E-state index in [1.807, 2.05) is 24.3 Å². The van der Waals surface area contributed by atoms with Crippen molar-refractivity contribution < 1.29 is 18.3 Å². The van der Waals surface area contributed by atoms with Crippen LogP contribution in [0, 0.1) is 0 Å². The number of halogens is 3. The molecule has 0 radical (unpaired) electrons. The van der Waals surface area contributed by atoms with Crippen molar-refractivity contribution in [2.24, 2.45) is 0 Å². The zero-order chi connectivity index (χ0) is 17.9. The summed E-state index contributed by atoms with van der Waals surface area (Å²) in [4.78, 5) is 12.6. The third-order valence-corrected chi connectivity index (χ3v) is 4.90. The summed E-state index contributed by atoms with van der Waals surface area (Å²) >= 11 is 3.45. The van der Waals surface area contributed by atoms with Gasteiger partial charge in [0, 0.05) is 11.0 Å². The Morgan fingerprint density at radius 1 is 1.20 bits per heavy atom. The fraction of sp³-hybridized carbons (Fsp3) is 0.316. The molecule has 1 amide bonds. The Morgan fingerprint density at radius 2 is 1.92 bits per heavy atom. The maximum absolute atomic E-state index is 12.6. The number of carbonyl (C=O) groups excluding carboxylic acids is 1. The van der Waals surface area contributed by atoms with Crippen molar-refractivity contribution in [3.63, 3.8) is 0 Å². The van der Waals surface area contributed by atoms with E-state index >= 15 is 0 Å². The predicted molar refractivity (Wildman–Crippen MR) is 94.8 cm³/mol. The molecule has 1 saturated carbocycles. The van der Waals surface area contributed by atoms with Gasteiger partial charge in [0.15, 0.2) is 0 Å². The number of hydrogen-bond donors (Lipinski definition) is 1. The summed E-state index contributed by atoms with van der Waals surface area (Å²) < 4.78 is 29.5. The summed E-state index contributed by atoms with van der Waals surface area (Å²) in [6.45, 7) is -2.32. The van der Waals surface area contributed by atoms with Crippen LogP contribution in [0.4, 0.5) is 8.78 Å². The Kier molecular flexibility index (Phi) is 5.37. The largest absolute Gasteiger partial charge is 0.435 e. The first kappa shape index (κ1) is 17.9. The second-order valence-electron chi connectivity index (χ2n) is 6.12. The molecule has 1 aliphatic rings. The molecule has 0 unspecified atom stereocenters. The molecule has 0 aliphatic heterocycles. The van der Waals surface area contributed by atoms with Gasteiger partial charge in [0.2, 0.25) is 5.91 Å². The summed E-state index contributed by atoms with van der Waals surface area (Å²) in [5.74, 6) is 0.178. The molecule has 25 heavy (non-hydrogen) atoms. The molecule has 1 aliphatic carbocycles. The maximum atomic E-state index is 12.6. The normalized spacial score (nSPS) is 15.0. The van der Waals surface area contributed by atoms with Gasteiger partial charge in [0.25, 0.3) is 0 Å². The van der Waals surface area contributed by atoms with Gasteiger partial charge in [0.1, 0.15) is 5.75 Å². The molecule has 0 aromatic heterocycles. The monoisotopic (exact) mass is 409 g/mol. The van der Waals surface area contributed by atoms with E-state index in [1.54, 1.807) is 12.1 Å². The number of hydrogen-bond acceptors (Lipinski definition) is 2. The molecule has 0 atom stereocenters. The quantitative estimate of drug-likeness (QED) is 0.733. The van der Waals surface area contributed by atoms with E-state index < -0.39 is 12.0 Å². The number of amides is 1. The first-order chi connectivity index (χ1) is 12.0. The van der Waals surface area contributed by atoms with Crippen LogP contribution < -0.4 is 10.1 Å². The lowest BCUT2D eigenvalue weighted by Crippen LogP contribution is -2.35. The van der Waals surface area contributed by atoms with Gasteiger partial charge in [-0.05, 0) is 54.7 Å². The van der Waals surface area contributed by atoms with E-state index in [4.69, 9.17) is 0 Å². The minimum Gasteiger partial charge on any atom is -0.435 e. The van der Waals surface area contributed by atoms with Crippen molar-refractivity contribution in [3.05, 3.63) is 64.1 Å². The summed E-state index contributed by atoms with van der Waals surface area (Å²) in [7, 11) is 0. The molecule has 132 valence electrons. The molecule has 1 fully saturated rings. The van der Waals surface area contributed by atoms with Crippen LogP contribution in [0.1, 0.15) is 24.0 Å². The van der Waals surface area contributed by atoms with Gasteiger partial charge in [0.05, 0.1) is 5.41 Å². The predicted octanol–water partition coefficient (Wildman–Crippen LogP) is 4.44. The molecule has 3 nitrogen and oxygen atoms in total. The molecule has 0 heterocycles. The van der Waals surface area contributed by atoms with E-state index in [0.717, 1.165) is 28.4 Å². The zero-order valence-corrected chi connectivity index (χ0v) is 15.1. The molecule has 3 rings (SSSR count). The minimum absolute atomic E-state index is 0.0447. The van der Waals surface area contributed by atoms with Crippen molar-refractivity contribution >= 4 is 21.8 Å². The Bertz CT molecular complexity index is 745. The number of nitrogens with one attached hydrogen (secondary N) is 1. The maximum Gasteiger partial charge on any atom is 0.387 e. The summed E-state index contributed by atoms with van der Waals surface area (Å²) in [6, 6.07) is 14.3. The van der Waals surface area contributed by atoms with Crippen LogP contribution in [0.25, 0.3) is 0 Å². The summed E-state index contributed by atoms with van der Waals surface area (Å²) in [5, 5.41) is 2.99. The molecule has 0 saturated heterocycles. The SMILES string of the molecule is O=C(NCCc1ccc(OC(F)F)cc1)C1(c2cccc(Br)c2)CC1. The zero-order valence-electron chi connectivity index (χ0n) is 13.5. The second kappa shape index (κ2) is 7.52. The highest BCUT2D eigenvalue weighted by molar-refractivity contribution is 9.10. The van der Waals surface area contributed by atoms with Crippen LogP contribution in [0.2, 0.25) is 0 Å². The van der Waals surface area contributed by atoms with Gasteiger partial charge in [-0.25, -0.2) is 0 Å². The Hall–Kier alpha value is -1.95. The van der Waals surface area contributed by atoms with Gasteiger partial charge in [-0.3, -0.25) is 4.79 Å². The fourth-order valence-corrected chi connectivity index (χ4v) is 3.28. The van der Waals surface area contributed by atoms with Crippen molar-refractivity contribution in [2.45, 2.75) is 31.3 Å². The van der Waals surface area contributed by atoms with Crippen LogP contribution in [-0.4, -0.2) is 19.1 Å². The van der Waals surface area contributed by atoms with E-state index in [2.05, 4.69) is 26.0 Å². The molecular weight excluding hydrogens is 392 g/mol. The third kappa shape index (κ3) is 4.37. The van der Waals surface area contributed by atoms with Gasteiger partial charge >= 0.3 is 6.61 Å². The number of benzene rings is 2. The van der Waals surface area contributed by atoms with E-state index in [-0.39, 0.29) is 11.7 Å². The molecule has 0 bridgehead atoms. The topological polar surface area (TPSA) is 38.3 Å². The molecule has 0 spiro atoms. The Morgan fingerprint density at radius 3 is 2.52 bits per heavy atom. The van der Waals surface area contributed by atoms with E-state index in [0.29, 0.717) is 13.0 Å². The van der Waals surface area contributed by atoms with Crippen LogP contribution in [0.5, 0.6) is 5.75 Å². The average Bonchev–Trinajstić information content (AvgIpc) is 3.38. The van der Waals surface area contributed by atoms with Crippen molar-refractivity contribution in [3.8, 4) is 5.75 Å². The Labute approximate surface area is 153 Å². The molecular formula is C19H18BrF2NO2. The van der Waals surface area contributed by atoms with Crippen molar-refractivity contribution in [1.82, 2.24) is 5.32 Å². The highest BCUT2D eigenvalue weighted by Gasteiger charge is 2.51. The van der Waals surface area contributed by atoms with E-state index in [1.165, 1.54) is 12.1 Å². The smallest absolute Gasteiger partial charge is 0.387 e. The first-order valence-electron chi connectivity index (χ1n) is 8.08. The third-order valence-electron chi connectivity index (χ3n) is 4.41. The highest BCUT2D eigenvalue weighted by atomic mass is 79.9. The fourth-order valence-electron chi connectivity index (χ4n) is 2.89.